The van der Waals surface area contributed by atoms with E-state index in [1.54, 1.807) is 0 Å². The Labute approximate surface area is 153 Å². The molecule has 2 aromatic rings. The molecule has 5 heteroatoms. The first-order valence-electron chi connectivity index (χ1n) is 9.10. The van der Waals surface area contributed by atoms with Crippen molar-refractivity contribution in [2.24, 2.45) is 4.99 Å². The number of benzene rings is 2. The maximum Gasteiger partial charge on any atom is 0.266 e. The van der Waals surface area contributed by atoms with Crippen LogP contribution in [0.1, 0.15) is 24.1 Å². The van der Waals surface area contributed by atoms with Crippen molar-refractivity contribution in [3.05, 3.63) is 59.7 Å². The maximum absolute atomic E-state index is 12.5. The van der Waals surface area contributed by atoms with Crippen LogP contribution in [0.3, 0.4) is 0 Å². The molecule has 2 aromatic carbocycles. The molecular weight excluding hydrogens is 326 g/mol. The molecular formula is C21H23N3O2. The predicted molar refractivity (Wildman–Crippen MR) is 103 cm³/mol. The number of amides is 1. The number of carbonyl (C=O) groups excluding carboxylic acids is 1. The molecule has 1 N–H and O–H groups in total. The summed E-state index contributed by atoms with van der Waals surface area (Å²) in [4.78, 5) is 19.3. The number of morpholine rings is 1. The van der Waals surface area contributed by atoms with Gasteiger partial charge in [-0.15, -0.1) is 0 Å². The first kappa shape index (κ1) is 16.8. The lowest BCUT2D eigenvalue weighted by atomic mass is 10.1. The van der Waals surface area contributed by atoms with Crippen molar-refractivity contribution in [1.82, 2.24) is 5.32 Å². The Bertz CT molecular complexity index is 823. The Morgan fingerprint density at radius 1 is 1.12 bits per heavy atom. The summed E-state index contributed by atoms with van der Waals surface area (Å²) in [5.41, 5.74) is 4.89. The van der Waals surface area contributed by atoms with Gasteiger partial charge in [0.15, 0.2) is 0 Å². The average molecular weight is 349 g/mol. The van der Waals surface area contributed by atoms with Crippen molar-refractivity contribution in [1.29, 1.82) is 0 Å². The summed E-state index contributed by atoms with van der Waals surface area (Å²) in [6.45, 7) is 5.40. The van der Waals surface area contributed by atoms with E-state index in [-0.39, 0.29) is 11.9 Å². The third-order valence-corrected chi connectivity index (χ3v) is 4.98. The van der Waals surface area contributed by atoms with Gasteiger partial charge in [-0.3, -0.25) is 4.79 Å². The van der Waals surface area contributed by atoms with Crippen LogP contribution in [-0.2, 0) is 16.0 Å². The molecule has 0 aliphatic carbocycles. The van der Waals surface area contributed by atoms with Crippen molar-refractivity contribution in [2.75, 3.05) is 31.2 Å². The fourth-order valence-corrected chi connectivity index (χ4v) is 3.42. The van der Waals surface area contributed by atoms with Crippen molar-refractivity contribution in [2.45, 2.75) is 19.4 Å². The molecule has 1 amide bonds. The van der Waals surface area contributed by atoms with Gasteiger partial charge in [0.1, 0.15) is 5.71 Å². The standard InChI is InChI=1S/C21H23N3O2/c1-15(16-6-8-18(9-7-16)24-10-12-26-13-11-24)22-21(25)20-14-17-4-2-3-5-19(17)23-20/h2-9,15H,10-14H2,1H3,(H,22,25)/t15-/m1/s1. The number of fused-ring (bicyclic) bond motifs is 1. The molecule has 4 rings (SSSR count). The summed E-state index contributed by atoms with van der Waals surface area (Å²) in [5.74, 6) is -0.0917. The quantitative estimate of drug-likeness (QED) is 0.923. The monoisotopic (exact) mass is 349 g/mol. The van der Waals surface area contributed by atoms with Crippen LogP contribution in [-0.4, -0.2) is 37.9 Å². The Balaban J connectivity index is 1.39. The number of anilines is 1. The smallest absolute Gasteiger partial charge is 0.266 e. The van der Waals surface area contributed by atoms with Gasteiger partial charge in [0, 0.05) is 25.2 Å². The number of nitrogens with zero attached hydrogens (tertiary/aromatic N) is 2. The van der Waals surface area contributed by atoms with Gasteiger partial charge in [0.2, 0.25) is 0 Å². The molecule has 26 heavy (non-hydrogen) atoms. The summed E-state index contributed by atoms with van der Waals surface area (Å²) in [5, 5.41) is 3.07. The summed E-state index contributed by atoms with van der Waals surface area (Å²) >= 11 is 0. The van der Waals surface area contributed by atoms with Gasteiger partial charge < -0.3 is 15.0 Å². The minimum atomic E-state index is -0.0917. The normalized spacial score (nSPS) is 17.4. The van der Waals surface area contributed by atoms with Gasteiger partial charge in [0.05, 0.1) is 24.9 Å². The summed E-state index contributed by atoms with van der Waals surface area (Å²) in [7, 11) is 0. The number of hydrogen-bond donors (Lipinski definition) is 1. The van der Waals surface area contributed by atoms with E-state index in [1.807, 2.05) is 31.2 Å². The van der Waals surface area contributed by atoms with Crippen molar-refractivity contribution in [3.8, 4) is 0 Å². The van der Waals surface area contributed by atoms with Gasteiger partial charge in [-0.25, -0.2) is 4.99 Å². The van der Waals surface area contributed by atoms with Crippen molar-refractivity contribution < 1.29 is 9.53 Å². The SMILES string of the molecule is C[C@@H](NC(=O)C1=Nc2ccccc2C1)c1ccc(N2CCOCC2)cc1. The summed E-state index contributed by atoms with van der Waals surface area (Å²) in [6, 6.07) is 16.2. The first-order chi connectivity index (χ1) is 12.7. The molecule has 0 radical (unpaired) electrons. The molecule has 134 valence electrons. The molecule has 5 nitrogen and oxygen atoms in total. The zero-order valence-electron chi connectivity index (χ0n) is 14.9. The minimum absolute atomic E-state index is 0.0624. The molecule has 1 fully saturated rings. The highest BCUT2D eigenvalue weighted by atomic mass is 16.5. The van der Waals surface area contributed by atoms with E-state index in [4.69, 9.17) is 4.74 Å². The molecule has 0 saturated carbocycles. The molecule has 0 spiro atoms. The molecule has 2 aliphatic heterocycles. The maximum atomic E-state index is 12.5. The lowest BCUT2D eigenvalue weighted by Gasteiger charge is -2.29. The summed E-state index contributed by atoms with van der Waals surface area (Å²) < 4.78 is 5.40. The van der Waals surface area contributed by atoms with Gasteiger partial charge in [-0.05, 0) is 36.2 Å². The van der Waals surface area contributed by atoms with E-state index in [9.17, 15) is 4.79 Å². The number of aliphatic imine (C=N–C) groups is 1. The minimum Gasteiger partial charge on any atom is -0.378 e. The largest absolute Gasteiger partial charge is 0.378 e. The Kier molecular flexibility index (Phi) is 4.71. The number of carbonyl (C=O) groups is 1. The van der Waals surface area contributed by atoms with Gasteiger partial charge in [0.25, 0.3) is 5.91 Å². The molecule has 1 atom stereocenters. The summed E-state index contributed by atoms with van der Waals surface area (Å²) in [6.07, 6.45) is 0.602. The first-order valence-corrected chi connectivity index (χ1v) is 9.10. The number of rotatable bonds is 4. The van der Waals surface area contributed by atoms with Gasteiger partial charge in [-0.2, -0.15) is 0 Å². The Hall–Kier alpha value is -2.66. The second-order valence-electron chi connectivity index (χ2n) is 6.75. The lowest BCUT2D eigenvalue weighted by Crippen LogP contribution is -2.36. The number of para-hydroxylation sites is 1. The van der Waals surface area contributed by atoms with E-state index in [0.717, 1.165) is 43.1 Å². The fourth-order valence-electron chi connectivity index (χ4n) is 3.42. The second-order valence-corrected chi connectivity index (χ2v) is 6.75. The van der Waals surface area contributed by atoms with E-state index in [1.165, 1.54) is 5.69 Å². The number of hydrogen-bond acceptors (Lipinski definition) is 4. The second kappa shape index (κ2) is 7.30. The molecule has 1 saturated heterocycles. The van der Waals surface area contributed by atoms with Gasteiger partial charge >= 0.3 is 0 Å². The zero-order chi connectivity index (χ0) is 17.9. The highest BCUT2D eigenvalue weighted by Crippen LogP contribution is 2.26. The third kappa shape index (κ3) is 3.48. The van der Waals surface area contributed by atoms with Crippen LogP contribution in [0.15, 0.2) is 53.5 Å². The van der Waals surface area contributed by atoms with Gasteiger partial charge in [-0.1, -0.05) is 30.3 Å². The lowest BCUT2D eigenvalue weighted by molar-refractivity contribution is -0.115. The highest BCUT2D eigenvalue weighted by Gasteiger charge is 2.21. The fraction of sp³-hybridized carbons (Fsp3) is 0.333. The van der Waals surface area contributed by atoms with E-state index < -0.39 is 0 Å². The van der Waals surface area contributed by atoms with Crippen LogP contribution in [0.2, 0.25) is 0 Å². The van der Waals surface area contributed by atoms with Crippen LogP contribution in [0.25, 0.3) is 0 Å². The van der Waals surface area contributed by atoms with Crippen LogP contribution >= 0.6 is 0 Å². The molecule has 0 unspecified atom stereocenters. The van der Waals surface area contributed by atoms with E-state index in [0.29, 0.717) is 12.1 Å². The van der Waals surface area contributed by atoms with E-state index >= 15 is 0 Å². The topological polar surface area (TPSA) is 53.9 Å². The van der Waals surface area contributed by atoms with E-state index in [2.05, 4.69) is 39.5 Å². The van der Waals surface area contributed by atoms with Crippen LogP contribution in [0.4, 0.5) is 11.4 Å². The highest BCUT2D eigenvalue weighted by molar-refractivity contribution is 6.41. The van der Waals surface area contributed by atoms with Crippen LogP contribution < -0.4 is 10.2 Å². The molecule has 2 heterocycles. The van der Waals surface area contributed by atoms with Crippen molar-refractivity contribution >= 4 is 23.0 Å². The average Bonchev–Trinajstić information content (AvgIpc) is 3.13. The Morgan fingerprint density at radius 2 is 1.85 bits per heavy atom. The van der Waals surface area contributed by atoms with Crippen LogP contribution in [0.5, 0.6) is 0 Å². The molecule has 0 bridgehead atoms. The number of ether oxygens (including phenoxy) is 1. The Morgan fingerprint density at radius 3 is 2.58 bits per heavy atom. The molecule has 0 aromatic heterocycles. The predicted octanol–water partition coefficient (Wildman–Crippen LogP) is 3.03. The number of nitrogens with one attached hydrogen (secondary N) is 1. The van der Waals surface area contributed by atoms with Crippen molar-refractivity contribution in [3.63, 3.8) is 0 Å². The van der Waals surface area contributed by atoms with Crippen LogP contribution in [0, 0.1) is 0 Å². The zero-order valence-corrected chi connectivity index (χ0v) is 14.9. The third-order valence-electron chi connectivity index (χ3n) is 4.98. The molecule has 2 aliphatic rings.